The first-order chi connectivity index (χ1) is 11.6. The first kappa shape index (κ1) is 16.5. The predicted octanol–water partition coefficient (Wildman–Crippen LogP) is 2.55. The molecule has 0 atom stereocenters. The monoisotopic (exact) mass is 360 g/mol. The van der Waals surface area contributed by atoms with Crippen LogP contribution in [0.4, 0.5) is 0 Å². The van der Waals surface area contributed by atoms with Crippen molar-refractivity contribution in [1.82, 2.24) is 20.1 Å². The highest BCUT2D eigenvalue weighted by Crippen LogP contribution is 2.28. The third kappa shape index (κ3) is 4.15. The molecule has 0 aliphatic carbocycles. The summed E-state index contributed by atoms with van der Waals surface area (Å²) in [5.41, 5.74) is 1.35. The zero-order valence-corrected chi connectivity index (χ0v) is 14.7. The third-order valence-electron chi connectivity index (χ3n) is 3.44. The Hall–Kier alpha value is -2.32. The fraction of sp³-hybridized carbons (Fsp3) is 0.250. The number of thiazole rings is 1. The maximum atomic E-state index is 12.2. The summed E-state index contributed by atoms with van der Waals surface area (Å²) in [6.07, 6.45) is 0.842. The van der Waals surface area contributed by atoms with Crippen LogP contribution in [0.2, 0.25) is 0 Å². The number of rotatable bonds is 6. The number of carbonyl (C=O) groups excluding carboxylic acids is 1. The molecule has 0 unspecified atom stereocenters. The lowest BCUT2D eigenvalue weighted by Crippen LogP contribution is -2.26. The van der Waals surface area contributed by atoms with E-state index in [0.29, 0.717) is 25.1 Å². The van der Waals surface area contributed by atoms with Gasteiger partial charge in [0.15, 0.2) is 0 Å². The van der Waals surface area contributed by atoms with E-state index in [0.717, 1.165) is 15.6 Å². The Kier molecular flexibility index (Phi) is 5.17. The van der Waals surface area contributed by atoms with Gasteiger partial charge >= 0.3 is 0 Å². The van der Waals surface area contributed by atoms with Crippen molar-refractivity contribution < 1.29 is 4.79 Å². The number of H-pyrrole nitrogens is 1. The smallest absolute Gasteiger partial charge is 0.264 e. The summed E-state index contributed by atoms with van der Waals surface area (Å²) in [4.78, 5) is 30.6. The second kappa shape index (κ2) is 7.50. The molecule has 8 heteroatoms. The van der Waals surface area contributed by atoms with Crippen molar-refractivity contribution >= 4 is 28.6 Å². The Morgan fingerprint density at radius 1 is 1.25 bits per heavy atom. The summed E-state index contributed by atoms with van der Waals surface area (Å²) in [5.74, 6) is 0.0219. The summed E-state index contributed by atoms with van der Waals surface area (Å²) in [6.45, 7) is 0.486. The van der Waals surface area contributed by atoms with Crippen LogP contribution >= 0.6 is 22.7 Å². The normalized spacial score (nSPS) is 10.7. The van der Waals surface area contributed by atoms with Gasteiger partial charge in [-0.3, -0.25) is 9.59 Å². The maximum Gasteiger partial charge on any atom is 0.264 e. The van der Waals surface area contributed by atoms with Gasteiger partial charge < -0.3 is 4.90 Å². The Balaban J connectivity index is 1.54. The van der Waals surface area contributed by atoms with E-state index in [1.165, 1.54) is 6.07 Å². The SMILES string of the molecule is CN(Cc1csc(-c2cccs2)n1)C(=O)CCc1ccc(=O)[nH]n1. The molecule has 124 valence electrons. The molecule has 3 heterocycles. The molecule has 1 amide bonds. The van der Waals surface area contributed by atoms with Crippen LogP contribution in [0.15, 0.2) is 39.8 Å². The average molecular weight is 360 g/mol. The van der Waals surface area contributed by atoms with Crippen LogP contribution in [0, 0.1) is 0 Å². The minimum atomic E-state index is -0.243. The van der Waals surface area contributed by atoms with Gasteiger partial charge in [-0.2, -0.15) is 5.10 Å². The van der Waals surface area contributed by atoms with Crippen LogP contribution < -0.4 is 5.56 Å². The van der Waals surface area contributed by atoms with E-state index in [4.69, 9.17) is 0 Å². The Bertz CT molecular complexity index is 850. The van der Waals surface area contributed by atoms with Crippen molar-refractivity contribution in [3.05, 3.63) is 56.8 Å². The van der Waals surface area contributed by atoms with Gasteiger partial charge in [0.25, 0.3) is 5.56 Å². The second-order valence-electron chi connectivity index (χ2n) is 5.28. The quantitative estimate of drug-likeness (QED) is 0.733. The topological polar surface area (TPSA) is 79.0 Å². The number of aromatic amines is 1. The van der Waals surface area contributed by atoms with Crippen molar-refractivity contribution in [2.24, 2.45) is 0 Å². The number of carbonyl (C=O) groups is 1. The first-order valence-electron chi connectivity index (χ1n) is 7.38. The molecule has 0 saturated carbocycles. The summed E-state index contributed by atoms with van der Waals surface area (Å²) in [7, 11) is 1.77. The van der Waals surface area contributed by atoms with Gasteiger partial charge in [0.05, 0.1) is 22.8 Å². The molecular weight excluding hydrogens is 344 g/mol. The van der Waals surface area contributed by atoms with Gasteiger partial charge in [-0.1, -0.05) is 6.07 Å². The fourth-order valence-corrected chi connectivity index (χ4v) is 3.79. The lowest BCUT2D eigenvalue weighted by atomic mass is 10.2. The van der Waals surface area contributed by atoms with Gasteiger partial charge in [-0.15, -0.1) is 22.7 Å². The molecule has 0 radical (unpaired) electrons. The largest absolute Gasteiger partial charge is 0.340 e. The zero-order chi connectivity index (χ0) is 16.9. The predicted molar refractivity (Wildman–Crippen MR) is 95.1 cm³/mol. The summed E-state index contributed by atoms with van der Waals surface area (Å²) < 4.78 is 0. The van der Waals surface area contributed by atoms with Crippen molar-refractivity contribution in [3.8, 4) is 9.88 Å². The zero-order valence-electron chi connectivity index (χ0n) is 13.1. The first-order valence-corrected chi connectivity index (χ1v) is 9.14. The fourth-order valence-electron chi connectivity index (χ4n) is 2.16. The van der Waals surface area contributed by atoms with E-state index in [1.54, 1.807) is 40.7 Å². The number of nitrogens with one attached hydrogen (secondary N) is 1. The summed E-state index contributed by atoms with van der Waals surface area (Å²) in [5, 5.41) is 11.3. The number of amides is 1. The van der Waals surface area contributed by atoms with Gasteiger partial charge in [0, 0.05) is 31.3 Å². The molecule has 3 aromatic heterocycles. The van der Waals surface area contributed by atoms with Gasteiger partial charge in [-0.05, 0) is 17.5 Å². The van der Waals surface area contributed by atoms with E-state index >= 15 is 0 Å². The van der Waals surface area contributed by atoms with E-state index in [9.17, 15) is 9.59 Å². The van der Waals surface area contributed by atoms with Crippen molar-refractivity contribution in [2.75, 3.05) is 7.05 Å². The number of hydrogen-bond donors (Lipinski definition) is 1. The van der Waals surface area contributed by atoms with Crippen LogP contribution in [0.25, 0.3) is 9.88 Å². The Morgan fingerprint density at radius 2 is 2.12 bits per heavy atom. The molecule has 24 heavy (non-hydrogen) atoms. The molecular formula is C16H16N4O2S2. The van der Waals surface area contributed by atoms with Crippen LogP contribution in [0.1, 0.15) is 17.8 Å². The maximum absolute atomic E-state index is 12.2. The Morgan fingerprint density at radius 3 is 2.83 bits per heavy atom. The molecule has 0 fully saturated rings. The molecule has 1 N–H and O–H groups in total. The van der Waals surface area contributed by atoms with E-state index in [1.807, 2.05) is 22.9 Å². The lowest BCUT2D eigenvalue weighted by molar-refractivity contribution is -0.130. The van der Waals surface area contributed by atoms with Crippen LogP contribution in [-0.2, 0) is 17.8 Å². The molecule has 0 spiro atoms. The molecule has 6 nitrogen and oxygen atoms in total. The molecule has 3 aromatic rings. The van der Waals surface area contributed by atoms with E-state index < -0.39 is 0 Å². The molecule has 0 aromatic carbocycles. The number of nitrogens with zero attached hydrogens (tertiary/aromatic N) is 3. The highest BCUT2D eigenvalue weighted by molar-refractivity contribution is 7.20. The highest BCUT2D eigenvalue weighted by atomic mass is 32.1. The summed E-state index contributed by atoms with van der Waals surface area (Å²) in [6, 6.07) is 7.10. The van der Waals surface area contributed by atoms with Crippen LogP contribution in [-0.4, -0.2) is 33.0 Å². The molecule has 0 aliphatic heterocycles. The molecule has 0 saturated heterocycles. The van der Waals surface area contributed by atoms with E-state index in [-0.39, 0.29) is 11.5 Å². The average Bonchev–Trinajstić information content (AvgIpc) is 3.25. The summed E-state index contributed by atoms with van der Waals surface area (Å²) >= 11 is 3.25. The van der Waals surface area contributed by atoms with Crippen molar-refractivity contribution in [1.29, 1.82) is 0 Å². The molecule has 0 aliphatic rings. The van der Waals surface area contributed by atoms with E-state index in [2.05, 4.69) is 15.2 Å². The third-order valence-corrected chi connectivity index (χ3v) is 5.37. The minimum Gasteiger partial charge on any atom is -0.340 e. The Labute approximate surface area is 146 Å². The van der Waals surface area contributed by atoms with Crippen molar-refractivity contribution in [2.45, 2.75) is 19.4 Å². The van der Waals surface area contributed by atoms with Gasteiger partial charge in [-0.25, -0.2) is 10.1 Å². The minimum absolute atomic E-state index is 0.0219. The number of aryl methyl sites for hydroxylation is 1. The lowest BCUT2D eigenvalue weighted by Gasteiger charge is -2.15. The van der Waals surface area contributed by atoms with Crippen LogP contribution in [0.5, 0.6) is 0 Å². The van der Waals surface area contributed by atoms with Gasteiger partial charge in [0.2, 0.25) is 5.91 Å². The van der Waals surface area contributed by atoms with Gasteiger partial charge in [0.1, 0.15) is 5.01 Å². The number of aromatic nitrogens is 3. The second-order valence-corrected chi connectivity index (χ2v) is 7.09. The van der Waals surface area contributed by atoms with Crippen LogP contribution in [0.3, 0.4) is 0 Å². The highest BCUT2D eigenvalue weighted by Gasteiger charge is 2.13. The standard InChI is InChI=1S/C16H16N4O2S2/c1-20(15(22)7-5-11-4-6-14(21)19-18-11)9-12-10-24-16(17-12)13-3-2-8-23-13/h2-4,6,8,10H,5,7,9H2,1H3,(H,19,21). The molecule has 3 rings (SSSR count). The van der Waals surface area contributed by atoms with Crippen molar-refractivity contribution in [3.63, 3.8) is 0 Å². The number of hydrogen-bond acceptors (Lipinski definition) is 6. The number of thiophene rings is 1. The molecule has 0 bridgehead atoms.